The number of likely N-dealkylation sites (tertiary alicyclic amines) is 1. The van der Waals surface area contributed by atoms with E-state index in [1.54, 1.807) is 10.8 Å². The quantitative estimate of drug-likeness (QED) is 0.750. The molecule has 148 valence electrons. The average Bonchev–Trinajstić information content (AvgIpc) is 3.38. The van der Waals surface area contributed by atoms with Crippen molar-refractivity contribution in [2.24, 2.45) is 0 Å². The number of H-pyrrole nitrogens is 1. The van der Waals surface area contributed by atoms with Crippen molar-refractivity contribution in [3.63, 3.8) is 0 Å². The Morgan fingerprint density at radius 1 is 1.36 bits per heavy atom. The van der Waals surface area contributed by atoms with Gasteiger partial charge in [0.2, 0.25) is 0 Å². The van der Waals surface area contributed by atoms with Crippen LogP contribution in [0.3, 0.4) is 0 Å². The lowest BCUT2D eigenvalue weighted by Gasteiger charge is -2.20. The van der Waals surface area contributed by atoms with Gasteiger partial charge in [0.15, 0.2) is 11.3 Å². The van der Waals surface area contributed by atoms with Crippen LogP contribution in [0.25, 0.3) is 16.9 Å². The maximum absolute atomic E-state index is 13.2. The molecule has 1 fully saturated rings. The number of nitrogens with zero attached hydrogens (tertiary/aromatic N) is 6. The molecular formula is C20H27N7O. The number of hydrogen-bond donors (Lipinski definition) is 1. The number of carbonyl (C=O) groups is 1. The lowest BCUT2D eigenvalue weighted by molar-refractivity contribution is 0.0775. The topological polar surface area (TPSA) is 82.4 Å². The summed E-state index contributed by atoms with van der Waals surface area (Å²) in [7, 11) is 4.13. The third-order valence-electron chi connectivity index (χ3n) is 5.61. The van der Waals surface area contributed by atoms with Crippen LogP contribution >= 0.6 is 0 Å². The van der Waals surface area contributed by atoms with E-state index in [0.717, 1.165) is 47.5 Å². The molecule has 0 aliphatic carbocycles. The Hall–Kier alpha value is -2.74. The minimum Gasteiger partial charge on any atom is -0.336 e. The van der Waals surface area contributed by atoms with Crippen molar-refractivity contribution in [3.05, 3.63) is 35.4 Å². The number of hydrogen-bond acceptors (Lipinski definition) is 5. The molecule has 1 atom stereocenters. The highest BCUT2D eigenvalue weighted by atomic mass is 16.2. The second-order valence-corrected chi connectivity index (χ2v) is 8.11. The number of aryl methyl sites for hydroxylation is 1. The van der Waals surface area contributed by atoms with Crippen LogP contribution in [0.2, 0.25) is 0 Å². The fourth-order valence-electron chi connectivity index (χ4n) is 4.02. The first-order chi connectivity index (χ1) is 13.4. The van der Waals surface area contributed by atoms with E-state index in [1.807, 2.05) is 18.0 Å². The summed E-state index contributed by atoms with van der Waals surface area (Å²) in [6.45, 7) is 7.72. The molecule has 0 radical (unpaired) electrons. The molecule has 1 N–H and O–H groups in total. The van der Waals surface area contributed by atoms with Gasteiger partial charge in [-0.05, 0) is 45.0 Å². The number of aromatic nitrogens is 5. The lowest BCUT2D eigenvalue weighted by atomic mass is 9.96. The fourth-order valence-corrected chi connectivity index (χ4v) is 4.02. The van der Waals surface area contributed by atoms with Gasteiger partial charge in [-0.25, -0.2) is 9.50 Å². The molecule has 8 nitrogen and oxygen atoms in total. The second-order valence-electron chi connectivity index (χ2n) is 8.11. The Kier molecular flexibility index (Phi) is 4.66. The molecule has 1 aliphatic heterocycles. The van der Waals surface area contributed by atoms with Gasteiger partial charge in [-0.3, -0.25) is 9.89 Å². The zero-order chi connectivity index (χ0) is 20.0. The monoisotopic (exact) mass is 381 g/mol. The van der Waals surface area contributed by atoms with E-state index in [1.165, 1.54) is 0 Å². The standard InChI is InChI=1S/C20H27N7O/c1-12(2)16-17(14-8-13(3)19-21-11-22-27(19)9-14)23-24-18(16)20(28)26-7-6-15(10-26)25(4)5/h8-9,11-12,15H,6-7,10H2,1-5H3,(H,23,24). The highest BCUT2D eigenvalue weighted by Gasteiger charge is 2.32. The molecule has 0 bridgehead atoms. The van der Waals surface area contributed by atoms with Gasteiger partial charge in [0.1, 0.15) is 6.33 Å². The first kappa shape index (κ1) is 18.6. The van der Waals surface area contributed by atoms with Crippen LogP contribution in [-0.4, -0.2) is 73.7 Å². The van der Waals surface area contributed by atoms with E-state index in [0.29, 0.717) is 11.7 Å². The van der Waals surface area contributed by atoms with Gasteiger partial charge in [-0.2, -0.15) is 10.2 Å². The minimum absolute atomic E-state index is 0.00843. The molecule has 4 heterocycles. The minimum atomic E-state index is 0.00843. The van der Waals surface area contributed by atoms with Crippen LogP contribution in [0.4, 0.5) is 0 Å². The maximum atomic E-state index is 13.2. The zero-order valence-corrected chi connectivity index (χ0v) is 17.1. The highest BCUT2D eigenvalue weighted by molar-refractivity contribution is 5.96. The largest absolute Gasteiger partial charge is 0.336 e. The maximum Gasteiger partial charge on any atom is 0.274 e. The summed E-state index contributed by atoms with van der Waals surface area (Å²) in [4.78, 5) is 21.6. The molecule has 3 aromatic heterocycles. The number of fused-ring (bicyclic) bond motifs is 1. The first-order valence-electron chi connectivity index (χ1n) is 9.71. The number of aromatic amines is 1. The fraction of sp³-hybridized carbons (Fsp3) is 0.500. The lowest BCUT2D eigenvalue weighted by Crippen LogP contribution is -2.35. The second kappa shape index (κ2) is 7.01. The van der Waals surface area contributed by atoms with Crippen molar-refractivity contribution >= 4 is 11.6 Å². The molecule has 1 saturated heterocycles. The molecular weight excluding hydrogens is 354 g/mol. The molecule has 1 aliphatic rings. The number of amides is 1. The summed E-state index contributed by atoms with van der Waals surface area (Å²) in [6, 6.07) is 2.47. The number of nitrogens with one attached hydrogen (secondary N) is 1. The average molecular weight is 381 g/mol. The first-order valence-corrected chi connectivity index (χ1v) is 9.71. The third kappa shape index (κ3) is 3.07. The van der Waals surface area contributed by atoms with Crippen LogP contribution in [-0.2, 0) is 0 Å². The van der Waals surface area contributed by atoms with Crippen LogP contribution < -0.4 is 0 Å². The number of rotatable bonds is 4. The van der Waals surface area contributed by atoms with Crippen molar-refractivity contribution in [3.8, 4) is 11.3 Å². The van der Waals surface area contributed by atoms with Gasteiger partial charge in [0, 0.05) is 36.5 Å². The summed E-state index contributed by atoms with van der Waals surface area (Å²) in [5, 5.41) is 11.8. The Morgan fingerprint density at radius 2 is 2.14 bits per heavy atom. The van der Waals surface area contributed by atoms with Crippen molar-refractivity contribution < 1.29 is 4.79 Å². The van der Waals surface area contributed by atoms with Crippen LogP contribution in [0.5, 0.6) is 0 Å². The normalized spacial score (nSPS) is 17.4. The van der Waals surface area contributed by atoms with Gasteiger partial charge in [0.25, 0.3) is 5.91 Å². The molecule has 4 rings (SSSR count). The predicted molar refractivity (Wildman–Crippen MR) is 107 cm³/mol. The Morgan fingerprint density at radius 3 is 2.82 bits per heavy atom. The van der Waals surface area contributed by atoms with E-state index in [4.69, 9.17) is 0 Å². The zero-order valence-electron chi connectivity index (χ0n) is 17.1. The molecule has 28 heavy (non-hydrogen) atoms. The summed E-state index contributed by atoms with van der Waals surface area (Å²) in [5.74, 6) is 0.167. The predicted octanol–water partition coefficient (Wildman–Crippen LogP) is 2.33. The van der Waals surface area contributed by atoms with Crippen LogP contribution in [0, 0.1) is 6.92 Å². The molecule has 1 unspecified atom stereocenters. The van der Waals surface area contributed by atoms with Crippen molar-refractivity contribution in [2.45, 2.75) is 39.2 Å². The molecule has 3 aromatic rings. The Balaban J connectivity index is 1.72. The molecule has 1 amide bonds. The molecule has 0 spiro atoms. The summed E-state index contributed by atoms with van der Waals surface area (Å²) < 4.78 is 1.76. The Labute approximate surface area is 164 Å². The van der Waals surface area contributed by atoms with Gasteiger partial charge in [-0.15, -0.1) is 0 Å². The summed E-state index contributed by atoms with van der Waals surface area (Å²) >= 11 is 0. The number of carbonyl (C=O) groups excluding carboxylic acids is 1. The van der Waals surface area contributed by atoms with Crippen molar-refractivity contribution in [1.82, 2.24) is 34.6 Å². The van der Waals surface area contributed by atoms with E-state index in [-0.39, 0.29) is 11.8 Å². The highest BCUT2D eigenvalue weighted by Crippen LogP contribution is 2.32. The van der Waals surface area contributed by atoms with Gasteiger partial charge < -0.3 is 9.80 Å². The number of pyridine rings is 1. The van der Waals surface area contributed by atoms with E-state index in [2.05, 4.69) is 59.2 Å². The third-order valence-corrected chi connectivity index (χ3v) is 5.61. The summed E-state index contributed by atoms with van der Waals surface area (Å²) in [5.41, 5.74) is 5.18. The molecule has 0 aromatic carbocycles. The van der Waals surface area contributed by atoms with E-state index in [9.17, 15) is 4.79 Å². The van der Waals surface area contributed by atoms with Gasteiger partial charge >= 0.3 is 0 Å². The molecule has 0 saturated carbocycles. The Bertz CT molecular complexity index is 1020. The van der Waals surface area contributed by atoms with Gasteiger partial charge in [0.05, 0.1) is 5.69 Å². The van der Waals surface area contributed by atoms with Crippen molar-refractivity contribution in [2.75, 3.05) is 27.2 Å². The molecule has 8 heteroatoms. The SMILES string of the molecule is Cc1cc(-c2[nH]nc(C(=O)N3CCC(N(C)C)C3)c2C(C)C)cn2ncnc12. The van der Waals surface area contributed by atoms with E-state index >= 15 is 0 Å². The smallest absolute Gasteiger partial charge is 0.274 e. The number of likely N-dealkylation sites (N-methyl/N-ethyl adjacent to an activating group) is 1. The van der Waals surface area contributed by atoms with Crippen LogP contribution in [0.15, 0.2) is 18.6 Å². The van der Waals surface area contributed by atoms with E-state index < -0.39 is 0 Å². The van der Waals surface area contributed by atoms with Crippen molar-refractivity contribution in [1.29, 1.82) is 0 Å². The van der Waals surface area contributed by atoms with Crippen LogP contribution in [0.1, 0.15) is 47.8 Å². The summed E-state index contributed by atoms with van der Waals surface area (Å²) in [6.07, 6.45) is 4.47. The van der Waals surface area contributed by atoms with Gasteiger partial charge in [-0.1, -0.05) is 13.8 Å².